The van der Waals surface area contributed by atoms with Gasteiger partial charge in [-0.1, -0.05) is 0 Å². The molecule has 0 heterocycles. The summed E-state index contributed by atoms with van der Waals surface area (Å²) in [7, 11) is 0. The van der Waals surface area contributed by atoms with Crippen molar-refractivity contribution in [3.8, 4) is 0 Å². The van der Waals surface area contributed by atoms with Gasteiger partial charge in [0.15, 0.2) is 0 Å². The van der Waals surface area contributed by atoms with E-state index in [0.717, 1.165) is 17.0 Å². The van der Waals surface area contributed by atoms with Crippen LogP contribution in [0.25, 0.3) is 0 Å². The number of amides is 1. The molecule has 0 aliphatic heterocycles. The van der Waals surface area contributed by atoms with E-state index in [1.54, 1.807) is 20.8 Å². The molecular formula is C14H18FNO4. The van der Waals surface area contributed by atoms with E-state index in [9.17, 15) is 14.0 Å². The van der Waals surface area contributed by atoms with Gasteiger partial charge in [0.25, 0.3) is 0 Å². The zero-order chi connectivity index (χ0) is 15.5. The zero-order valence-electron chi connectivity index (χ0n) is 11.9. The third-order valence-electron chi connectivity index (χ3n) is 2.44. The number of ether oxygens (including phenoxy) is 1. The number of nitrogens with zero attached hydrogens (tertiary/aromatic N) is 1. The highest BCUT2D eigenvalue weighted by Gasteiger charge is 2.31. The molecular weight excluding hydrogens is 265 g/mol. The number of carbonyl (C=O) groups excluding carboxylic acids is 1. The summed E-state index contributed by atoms with van der Waals surface area (Å²) in [5.74, 6) is -1.65. The molecule has 1 rings (SSSR count). The van der Waals surface area contributed by atoms with Crippen LogP contribution in [0.4, 0.5) is 14.9 Å². The summed E-state index contributed by atoms with van der Waals surface area (Å²) in [4.78, 5) is 24.2. The summed E-state index contributed by atoms with van der Waals surface area (Å²) in [5, 5.41) is 9.09. The fourth-order valence-electron chi connectivity index (χ4n) is 1.51. The molecule has 1 atom stereocenters. The van der Waals surface area contributed by atoms with Gasteiger partial charge in [0.2, 0.25) is 0 Å². The van der Waals surface area contributed by atoms with E-state index in [-0.39, 0.29) is 5.69 Å². The van der Waals surface area contributed by atoms with Gasteiger partial charge < -0.3 is 9.84 Å². The third-order valence-corrected chi connectivity index (χ3v) is 2.44. The van der Waals surface area contributed by atoms with E-state index in [1.807, 2.05) is 0 Å². The van der Waals surface area contributed by atoms with Crippen molar-refractivity contribution < 1.29 is 23.8 Å². The van der Waals surface area contributed by atoms with Crippen LogP contribution in [0.3, 0.4) is 0 Å². The molecule has 1 amide bonds. The Morgan fingerprint density at radius 3 is 2.15 bits per heavy atom. The number of carboxylic acids is 1. The quantitative estimate of drug-likeness (QED) is 0.925. The van der Waals surface area contributed by atoms with Crippen molar-refractivity contribution in [2.75, 3.05) is 4.90 Å². The first-order valence-electron chi connectivity index (χ1n) is 6.12. The van der Waals surface area contributed by atoms with Crippen molar-refractivity contribution in [3.63, 3.8) is 0 Å². The number of carboxylic acid groups (broad SMARTS) is 1. The molecule has 110 valence electrons. The maximum atomic E-state index is 12.9. The van der Waals surface area contributed by atoms with Crippen LogP contribution in [0.1, 0.15) is 27.7 Å². The van der Waals surface area contributed by atoms with Crippen LogP contribution in [0.5, 0.6) is 0 Å². The summed E-state index contributed by atoms with van der Waals surface area (Å²) < 4.78 is 18.1. The molecule has 0 saturated carbocycles. The van der Waals surface area contributed by atoms with Crippen LogP contribution in [0.15, 0.2) is 24.3 Å². The van der Waals surface area contributed by atoms with E-state index in [4.69, 9.17) is 9.84 Å². The van der Waals surface area contributed by atoms with Crippen LogP contribution < -0.4 is 4.90 Å². The van der Waals surface area contributed by atoms with Crippen LogP contribution in [-0.2, 0) is 9.53 Å². The molecule has 1 aromatic rings. The predicted molar refractivity (Wildman–Crippen MR) is 72.2 cm³/mol. The topological polar surface area (TPSA) is 66.8 Å². The number of rotatable bonds is 3. The standard InChI is InChI=1S/C14H18FNO4/c1-9(12(17)18)16(13(19)20-14(2,3)4)11-7-5-10(15)6-8-11/h5-9H,1-4H3,(H,17,18). The Morgan fingerprint density at radius 2 is 1.75 bits per heavy atom. The van der Waals surface area contributed by atoms with E-state index >= 15 is 0 Å². The van der Waals surface area contributed by atoms with Gasteiger partial charge in [0.05, 0.1) is 0 Å². The van der Waals surface area contributed by atoms with Crippen molar-refractivity contribution in [2.45, 2.75) is 39.3 Å². The van der Waals surface area contributed by atoms with Crippen molar-refractivity contribution in [3.05, 3.63) is 30.1 Å². The molecule has 0 aliphatic rings. The second-order valence-corrected chi connectivity index (χ2v) is 5.34. The van der Waals surface area contributed by atoms with Crippen molar-refractivity contribution in [1.29, 1.82) is 0 Å². The van der Waals surface area contributed by atoms with Crippen molar-refractivity contribution >= 4 is 17.7 Å². The van der Waals surface area contributed by atoms with Gasteiger partial charge in [0, 0.05) is 5.69 Å². The lowest BCUT2D eigenvalue weighted by atomic mass is 10.2. The minimum atomic E-state index is -1.18. The molecule has 0 spiro atoms. The minimum Gasteiger partial charge on any atom is -0.480 e. The average Bonchev–Trinajstić information content (AvgIpc) is 2.29. The lowest BCUT2D eigenvalue weighted by molar-refractivity contribution is -0.138. The van der Waals surface area contributed by atoms with E-state index in [0.29, 0.717) is 0 Å². The van der Waals surface area contributed by atoms with E-state index in [2.05, 4.69) is 0 Å². The zero-order valence-corrected chi connectivity index (χ0v) is 11.9. The maximum Gasteiger partial charge on any atom is 0.415 e. The monoisotopic (exact) mass is 283 g/mol. The third kappa shape index (κ3) is 4.22. The maximum absolute atomic E-state index is 12.9. The Balaban J connectivity index is 3.12. The predicted octanol–water partition coefficient (Wildman–Crippen LogP) is 3.04. The molecule has 0 aliphatic carbocycles. The summed E-state index contributed by atoms with van der Waals surface area (Å²) >= 11 is 0. The summed E-state index contributed by atoms with van der Waals surface area (Å²) in [6.07, 6.45) is -0.793. The summed E-state index contributed by atoms with van der Waals surface area (Å²) in [5.41, 5.74) is -0.497. The van der Waals surface area contributed by atoms with Gasteiger partial charge in [-0.05, 0) is 52.0 Å². The number of hydrogen-bond acceptors (Lipinski definition) is 3. The highest BCUT2D eigenvalue weighted by Crippen LogP contribution is 2.21. The number of carbonyl (C=O) groups is 2. The number of anilines is 1. The van der Waals surface area contributed by atoms with Gasteiger partial charge >= 0.3 is 12.1 Å². The fourth-order valence-corrected chi connectivity index (χ4v) is 1.51. The van der Waals surface area contributed by atoms with Gasteiger partial charge in [-0.15, -0.1) is 0 Å². The molecule has 1 aromatic carbocycles. The molecule has 0 fully saturated rings. The van der Waals surface area contributed by atoms with E-state index in [1.165, 1.54) is 19.1 Å². The Bertz CT molecular complexity index is 493. The van der Waals surface area contributed by atoms with Crippen LogP contribution in [0.2, 0.25) is 0 Å². The number of aliphatic carboxylic acids is 1. The van der Waals surface area contributed by atoms with Crippen LogP contribution >= 0.6 is 0 Å². The number of hydrogen-bond donors (Lipinski definition) is 1. The highest BCUT2D eigenvalue weighted by molar-refractivity contribution is 5.95. The van der Waals surface area contributed by atoms with Crippen molar-refractivity contribution in [2.24, 2.45) is 0 Å². The van der Waals surface area contributed by atoms with Gasteiger partial charge in [-0.2, -0.15) is 0 Å². The first-order chi connectivity index (χ1) is 9.11. The fraction of sp³-hybridized carbons (Fsp3) is 0.429. The van der Waals surface area contributed by atoms with E-state index < -0.39 is 29.5 Å². The Labute approximate surface area is 117 Å². The second-order valence-electron chi connectivity index (χ2n) is 5.34. The second kappa shape index (κ2) is 5.90. The SMILES string of the molecule is CC(C(=O)O)N(C(=O)OC(C)(C)C)c1ccc(F)cc1. The van der Waals surface area contributed by atoms with Crippen LogP contribution in [-0.4, -0.2) is 28.8 Å². The van der Waals surface area contributed by atoms with Gasteiger partial charge in [-0.25, -0.2) is 14.0 Å². The highest BCUT2D eigenvalue weighted by atomic mass is 19.1. The Morgan fingerprint density at radius 1 is 1.25 bits per heavy atom. The molecule has 0 radical (unpaired) electrons. The Kier molecular flexibility index (Phi) is 4.70. The lowest BCUT2D eigenvalue weighted by Gasteiger charge is -2.29. The number of halogens is 1. The molecule has 1 N–H and O–H groups in total. The normalized spacial score (nSPS) is 12.7. The molecule has 20 heavy (non-hydrogen) atoms. The van der Waals surface area contributed by atoms with Crippen LogP contribution in [0, 0.1) is 5.82 Å². The number of benzene rings is 1. The Hall–Kier alpha value is -2.11. The molecule has 0 saturated heterocycles. The largest absolute Gasteiger partial charge is 0.480 e. The molecule has 0 aromatic heterocycles. The first kappa shape index (κ1) is 15.9. The lowest BCUT2D eigenvalue weighted by Crippen LogP contribution is -2.46. The molecule has 5 nitrogen and oxygen atoms in total. The van der Waals surface area contributed by atoms with Gasteiger partial charge in [0.1, 0.15) is 17.5 Å². The average molecular weight is 283 g/mol. The summed E-state index contributed by atoms with van der Waals surface area (Å²) in [6, 6.07) is 3.84. The smallest absolute Gasteiger partial charge is 0.415 e. The minimum absolute atomic E-state index is 0.260. The molecule has 6 heteroatoms. The summed E-state index contributed by atoms with van der Waals surface area (Å²) in [6.45, 7) is 6.40. The molecule has 0 bridgehead atoms. The van der Waals surface area contributed by atoms with Crippen molar-refractivity contribution in [1.82, 2.24) is 0 Å². The van der Waals surface area contributed by atoms with Gasteiger partial charge in [-0.3, -0.25) is 4.90 Å². The first-order valence-corrected chi connectivity index (χ1v) is 6.12. The molecule has 1 unspecified atom stereocenters.